The highest BCUT2D eigenvalue weighted by molar-refractivity contribution is 6.28. The average molecular weight is 214 g/mol. The van der Waals surface area contributed by atoms with Crippen molar-refractivity contribution >= 4 is 11.6 Å². The van der Waals surface area contributed by atoms with Gasteiger partial charge in [-0.25, -0.2) is 0 Å². The van der Waals surface area contributed by atoms with Crippen LogP contribution in [-0.4, -0.2) is 27.0 Å². The quantitative estimate of drug-likeness (QED) is 0.714. The van der Waals surface area contributed by atoms with Gasteiger partial charge in [-0.05, 0) is 37.8 Å². The lowest BCUT2D eigenvalue weighted by Gasteiger charge is -2.21. The van der Waals surface area contributed by atoms with E-state index in [0.717, 1.165) is 18.7 Å². The second kappa shape index (κ2) is 2.94. The number of ether oxygens (including phenoxy) is 1. The van der Waals surface area contributed by atoms with Crippen LogP contribution < -0.4 is 0 Å². The topological polar surface area (TPSA) is 39.9 Å². The lowest BCUT2D eigenvalue weighted by Crippen LogP contribution is -2.22. The van der Waals surface area contributed by atoms with Crippen molar-refractivity contribution in [2.24, 2.45) is 0 Å². The molecule has 1 aromatic rings. The Bertz CT molecular complexity index is 345. The van der Waals surface area contributed by atoms with Gasteiger partial charge in [0.25, 0.3) is 0 Å². The fourth-order valence-corrected chi connectivity index (χ4v) is 2.89. The zero-order valence-electron chi connectivity index (χ0n) is 7.98. The molecule has 3 unspecified atom stereocenters. The highest BCUT2D eigenvalue weighted by atomic mass is 35.5. The summed E-state index contributed by atoms with van der Waals surface area (Å²) in [7, 11) is 0. The van der Waals surface area contributed by atoms with Gasteiger partial charge in [-0.3, -0.25) is 4.57 Å². The van der Waals surface area contributed by atoms with Gasteiger partial charge in [0.05, 0.1) is 18.2 Å². The molecule has 2 saturated heterocycles. The molecule has 0 saturated carbocycles. The minimum Gasteiger partial charge on any atom is -0.373 e. The van der Waals surface area contributed by atoms with Crippen molar-refractivity contribution in [1.29, 1.82) is 0 Å². The number of hydrogen-bond donors (Lipinski definition) is 0. The van der Waals surface area contributed by atoms with E-state index in [-0.39, 0.29) is 0 Å². The molecule has 2 aliphatic rings. The predicted molar refractivity (Wildman–Crippen MR) is 51.3 cm³/mol. The van der Waals surface area contributed by atoms with Crippen molar-refractivity contribution in [3.8, 4) is 0 Å². The number of aryl methyl sites for hydroxylation is 1. The number of nitrogens with zero attached hydrogens (tertiary/aromatic N) is 3. The molecule has 2 fully saturated rings. The van der Waals surface area contributed by atoms with E-state index in [9.17, 15) is 0 Å². The number of aromatic nitrogens is 3. The molecule has 3 heterocycles. The van der Waals surface area contributed by atoms with E-state index in [1.807, 2.05) is 11.5 Å². The number of halogens is 1. The van der Waals surface area contributed by atoms with E-state index < -0.39 is 0 Å². The first kappa shape index (κ1) is 8.68. The summed E-state index contributed by atoms with van der Waals surface area (Å²) in [6, 6.07) is 0.358. The third-order valence-electron chi connectivity index (χ3n) is 3.23. The van der Waals surface area contributed by atoms with Crippen LogP contribution in [-0.2, 0) is 4.74 Å². The van der Waals surface area contributed by atoms with Gasteiger partial charge in [0.1, 0.15) is 5.82 Å². The van der Waals surface area contributed by atoms with Gasteiger partial charge in [-0.2, -0.15) is 0 Å². The smallest absolute Gasteiger partial charge is 0.225 e. The molecule has 0 aromatic carbocycles. The highest BCUT2D eigenvalue weighted by Crippen LogP contribution is 2.42. The van der Waals surface area contributed by atoms with Gasteiger partial charge < -0.3 is 4.74 Å². The van der Waals surface area contributed by atoms with Crippen molar-refractivity contribution in [3.05, 3.63) is 11.1 Å². The van der Waals surface area contributed by atoms with E-state index in [2.05, 4.69) is 10.2 Å². The molecule has 3 atom stereocenters. The van der Waals surface area contributed by atoms with E-state index in [1.165, 1.54) is 6.42 Å². The van der Waals surface area contributed by atoms with E-state index >= 15 is 0 Å². The summed E-state index contributed by atoms with van der Waals surface area (Å²) >= 11 is 6.00. The van der Waals surface area contributed by atoms with Gasteiger partial charge in [0.15, 0.2) is 0 Å². The maximum Gasteiger partial charge on any atom is 0.225 e. The summed E-state index contributed by atoms with van der Waals surface area (Å²) in [5, 5.41) is 8.33. The zero-order valence-corrected chi connectivity index (χ0v) is 8.74. The highest BCUT2D eigenvalue weighted by Gasteiger charge is 2.42. The van der Waals surface area contributed by atoms with Crippen molar-refractivity contribution in [2.45, 2.75) is 44.4 Å². The van der Waals surface area contributed by atoms with Gasteiger partial charge in [0, 0.05) is 0 Å². The Balaban J connectivity index is 1.96. The van der Waals surface area contributed by atoms with E-state index in [0.29, 0.717) is 23.5 Å². The molecular weight excluding hydrogens is 202 g/mol. The molecule has 1 aromatic heterocycles. The predicted octanol–water partition coefficient (Wildman–Crippen LogP) is 1.73. The first-order valence-corrected chi connectivity index (χ1v) is 5.36. The zero-order chi connectivity index (χ0) is 9.71. The van der Waals surface area contributed by atoms with Gasteiger partial charge in [-0.15, -0.1) is 10.2 Å². The van der Waals surface area contributed by atoms with Crippen molar-refractivity contribution in [2.75, 3.05) is 0 Å². The SMILES string of the molecule is Cc1nnc(Cl)n1C1CC2CCC1O2. The summed E-state index contributed by atoms with van der Waals surface area (Å²) in [6.45, 7) is 1.94. The van der Waals surface area contributed by atoms with E-state index in [1.54, 1.807) is 0 Å². The van der Waals surface area contributed by atoms with Gasteiger partial charge in [0.2, 0.25) is 5.28 Å². The van der Waals surface area contributed by atoms with Crippen LogP contribution in [0.15, 0.2) is 0 Å². The van der Waals surface area contributed by atoms with Crippen molar-refractivity contribution in [3.63, 3.8) is 0 Å². The van der Waals surface area contributed by atoms with Gasteiger partial charge in [-0.1, -0.05) is 0 Å². The molecule has 0 N–H and O–H groups in total. The van der Waals surface area contributed by atoms with E-state index in [4.69, 9.17) is 16.3 Å². The Morgan fingerprint density at radius 2 is 2.29 bits per heavy atom. The number of fused-ring (bicyclic) bond motifs is 2. The molecule has 2 bridgehead atoms. The standard InChI is InChI=1S/C9H12ClN3O/c1-5-11-12-9(10)13(5)7-4-6-2-3-8(7)14-6/h6-8H,2-4H2,1H3. The van der Waals surface area contributed by atoms with Crippen LogP contribution in [0.3, 0.4) is 0 Å². The van der Waals surface area contributed by atoms with Crippen LogP contribution in [0.4, 0.5) is 0 Å². The third kappa shape index (κ3) is 1.10. The summed E-state index contributed by atoms with van der Waals surface area (Å²) < 4.78 is 7.79. The monoisotopic (exact) mass is 213 g/mol. The Morgan fingerprint density at radius 1 is 1.43 bits per heavy atom. The Labute approximate surface area is 87.2 Å². The third-order valence-corrected chi connectivity index (χ3v) is 3.49. The largest absolute Gasteiger partial charge is 0.373 e. The summed E-state index contributed by atoms with van der Waals surface area (Å²) in [5.41, 5.74) is 0. The number of hydrogen-bond acceptors (Lipinski definition) is 3. The lowest BCUT2D eigenvalue weighted by atomic mass is 9.95. The molecule has 5 heteroatoms. The molecule has 76 valence electrons. The van der Waals surface area contributed by atoms with Crippen LogP contribution in [0.1, 0.15) is 31.1 Å². The Morgan fingerprint density at radius 3 is 2.79 bits per heavy atom. The van der Waals surface area contributed by atoms with Crippen LogP contribution in [0.2, 0.25) is 5.28 Å². The molecule has 0 radical (unpaired) electrons. The number of rotatable bonds is 1. The van der Waals surface area contributed by atoms with Gasteiger partial charge >= 0.3 is 0 Å². The first-order chi connectivity index (χ1) is 6.75. The maximum atomic E-state index is 6.00. The minimum absolute atomic E-state index is 0.326. The molecule has 14 heavy (non-hydrogen) atoms. The van der Waals surface area contributed by atoms with Crippen molar-refractivity contribution < 1.29 is 4.74 Å². The minimum atomic E-state index is 0.326. The molecule has 0 amide bonds. The molecule has 4 nitrogen and oxygen atoms in total. The summed E-state index contributed by atoms with van der Waals surface area (Å²) in [5.74, 6) is 0.885. The second-order valence-electron chi connectivity index (χ2n) is 4.06. The van der Waals surface area contributed by atoms with Crippen LogP contribution in [0.25, 0.3) is 0 Å². The normalized spacial score (nSPS) is 35.4. The molecule has 3 rings (SSSR count). The van der Waals surface area contributed by atoms with Crippen LogP contribution >= 0.6 is 11.6 Å². The van der Waals surface area contributed by atoms with Crippen LogP contribution in [0, 0.1) is 6.92 Å². The Hall–Kier alpha value is -0.610. The maximum absolute atomic E-state index is 6.00. The van der Waals surface area contributed by atoms with Crippen LogP contribution in [0.5, 0.6) is 0 Å². The molecular formula is C9H12ClN3O. The fourth-order valence-electron chi connectivity index (χ4n) is 2.60. The second-order valence-corrected chi connectivity index (χ2v) is 4.40. The van der Waals surface area contributed by atoms with Crippen molar-refractivity contribution in [1.82, 2.24) is 14.8 Å². The average Bonchev–Trinajstić information content (AvgIpc) is 2.81. The summed E-state index contributed by atoms with van der Waals surface area (Å²) in [4.78, 5) is 0. The molecule has 0 spiro atoms. The fraction of sp³-hybridized carbons (Fsp3) is 0.778. The molecule has 2 aliphatic heterocycles. The Kier molecular flexibility index (Phi) is 1.82. The summed E-state index contributed by atoms with van der Waals surface area (Å²) in [6.07, 6.45) is 4.15. The lowest BCUT2D eigenvalue weighted by molar-refractivity contribution is 0.0935. The first-order valence-electron chi connectivity index (χ1n) is 4.98. The molecule has 0 aliphatic carbocycles.